The van der Waals surface area contributed by atoms with Crippen molar-refractivity contribution in [3.8, 4) is 0 Å². The molecule has 2 N–H and O–H groups in total. The van der Waals surface area contributed by atoms with E-state index in [1.807, 2.05) is 13.1 Å². The fourth-order valence-corrected chi connectivity index (χ4v) is 1.90. The number of nitrogens with one attached hydrogen (secondary N) is 1. The third-order valence-corrected chi connectivity index (χ3v) is 2.94. The molecule has 20 heavy (non-hydrogen) atoms. The van der Waals surface area contributed by atoms with Crippen LogP contribution in [0.4, 0.5) is 8.78 Å². The Morgan fingerprint density at radius 3 is 2.85 bits per heavy atom. The van der Waals surface area contributed by atoms with Gasteiger partial charge in [-0.15, -0.1) is 0 Å². The van der Waals surface area contributed by atoms with Gasteiger partial charge in [0.25, 0.3) is 0 Å². The van der Waals surface area contributed by atoms with E-state index >= 15 is 0 Å². The van der Waals surface area contributed by atoms with Crippen molar-refractivity contribution in [3.63, 3.8) is 0 Å². The van der Waals surface area contributed by atoms with Gasteiger partial charge in [-0.1, -0.05) is 6.07 Å². The van der Waals surface area contributed by atoms with Gasteiger partial charge in [0.15, 0.2) is 0 Å². The van der Waals surface area contributed by atoms with Gasteiger partial charge in [-0.25, -0.2) is 8.78 Å². The molecule has 1 aromatic carbocycles. The first-order valence-electron chi connectivity index (χ1n) is 6.39. The lowest BCUT2D eigenvalue weighted by Crippen LogP contribution is -2.26. The minimum atomic E-state index is -1.00. The Labute approximate surface area is 116 Å². The molecular formula is C14H17F2N3O. The maximum absolute atomic E-state index is 13.4. The minimum Gasteiger partial charge on any atom is -0.387 e. The number of aryl methyl sites for hydroxylation is 1. The summed E-state index contributed by atoms with van der Waals surface area (Å²) in [6.45, 7) is 3.41. The van der Waals surface area contributed by atoms with E-state index in [-0.39, 0.29) is 12.1 Å². The molecule has 1 aromatic heterocycles. The van der Waals surface area contributed by atoms with Crippen molar-refractivity contribution < 1.29 is 13.9 Å². The molecule has 2 aromatic rings. The van der Waals surface area contributed by atoms with Crippen LogP contribution in [0.15, 0.2) is 30.6 Å². The fraction of sp³-hybridized carbons (Fsp3) is 0.357. The van der Waals surface area contributed by atoms with Crippen LogP contribution in [0.25, 0.3) is 0 Å². The molecule has 2 rings (SSSR count). The summed E-state index contributed by atoms with van der Waals surface area (Å²) in [5, 5.41) is 17.0. The number of hydrogen-bond acceptors (Lipinski definition) is 3. The third kappa shape index (κ3) is 3.85. The molecule has 0 amide bonds. The van der Waals surface area contributed by atoms with Crippen molar-refractivity contribution in [3.05, 3.63) is 53.4 Å². The molecule has 1 heterocycles. The van der Waals surface area contributed by atoms with Crippen LogP contribution in [0.3, 0.4) is 0 Å². The van der Waals surface area contributed by atoms with Gasteiger partial charge in [-0.2, -0.15) is 5.10 Å². The molecular weight excluding hydrogens is 264 g/mol. The Hall–Kier alpha value is -1.79. The lowest BCUT2D eigenvalue weighted by molar-refractivity contribution is 0.169. The first kappa shape index (κ1) is 14.6. The van der Waals surface area contributed by atoms with Gasteiger partial charge in [0, 0.05) is 30.9 Å². The van der Waals surface area contributed by atoms with Crippen LogP contribution in [0.2, 0.25) is 0 Å². The van der Waals surface area contributed by atoms with Gasteiger partial charge in [-0.3, -0.25) is 4.68 Å². The molecule has 0 unspecified atom stereocenters. The summed E-state index contributed by atoms with van der Waals surface area (Å²) in [6.07, 6.45) is 2.68. The zero-order chi connectivity index (χ0) is 14.5. The summed E-state index contributed by atoms with van der Waals surface area (Å²) in [5.74, 6) is -1.39. The Balaban J connectivity index is 1.78. The lowest BCUT2D eigenvalue weighted by atomic mass is 10.1. The molecule has 0 bridgehead atoms. The highest BCUT2D eigenvalue weighted by Gasteiger charge is 2.12. The molecule has 0 saturated heterocycles. The molecule has 0 aliphatic carbocycles. The number of benzene rings is 1. The molecule has 0 spiro atoms. The Bertz CT molecular complexity index is 571. The SMILES string of the molecule is Cc1cnn(CCNC[C@H](O)c2ccc(F)cc2F)c1. The first-order chi connectivity index (χ1) is 9.56. The molecule has 0 radical (unpaired) electrons. The number of aromatic nitrogens is 2. The highest BCUT2D eigenvalue weighted by atomic mass is 19.1. The first-order valence-corrected chi connectivity index (χ1v) is 6.39. The number of nitrogens with zero attached hydrogens (tertiary/aromatic N) is 2. The number of halogens is 2. The van der Waals surface area contributed by atoms with E-state index in [2.05, 4.69) is 10.4 Å². The number of hydrogen-bond donors (Lipinski definition) is 2. The highest BCUT2D eigenvalue weighted by Crippen LogP contribution is 2.17. The maximum atomic E-state index is 13.4. The van der Waals surface area contributed by atoms with Crippen LogP contribution >= 0.6 is 0 Å². The van der Waals surface area contributed by atoms with E-state index in [4.69, 9.17) is 0 Å². The molecule has 0 aliphatic heterocycles. The maximum Gasteiger partial charge on any atom is 0.131 e. The zero-order valence-corrected chi connectivity index (χ0v) is 11.2. The molecule has 108 valence electrons. The number of rotatable bonds is 6. The lowest BCUT2D eigenvalue weighted by Gasteiger charge is -2.13. The van der Waals surface area contributed by atoms with Gasteiger partial charge in [0.1, 0.15) is 11.6 Å². The van der Waals surface area contributed by atoms with E-state index < -0.39 is 17.7 Å². The van der Waals surface area contributed by atoms with Crippen LogP contribution in [0, 0.1) is 18.6 Å². The van der Waals surface area contributed by atoms with Gasteiger partial charge < -0.3 is 10.4 Å². The minimum absolute atomic E-state index is 0.0915. The predicted octanol–water partition coefficient (Wildman–Crippen LogP) is 1.79. The topological polar surface area (TPSA) is 50.1 Å². The van der Waals surface area contributed by atoms with E-state index in [9.17, 15) is 13.9 Å². The summed E-state index contributed by atoms with van der Waals surface area (Å²) in [6, 6.07) is 3.16. The molecule has 0 aliphatic rings. The van der Waals surface area contributed by atoms with Crippen molar-refractivity contribution in [2.24, 2.45) is 0 Å². The number of aliphatic hydroxyl groups is 1. The smallest absolute Gasteiger partial charge is 0.131 e. The van der Waals surface area contributed by atoms with Crippen molar-refractivity contribution >= 4 is 0 Å². The summed E-state index contributed by atoms with van der Waals surface area (Å²) < 4.78 is 28.0. The molecule has 6 heteroatoms. The Morgan fingerprint density at radius 1 is 1.40 bits per heavy atom. The highest BCUT2D eigenvalue weighted by molar-refractivity contribution is 5.21. The van der Waals surface area contributed by atoms with E-state index in [0.29, 0.717) is 13.1 Å². The normalized spacial score (nSPS) is 12.6. The van der Waals surface area contributed by atoms with Gasteiger partial charge in [-0.05, 0) is 18.6 Å². The van der Waals surface area contributed by atoms with E-state index in [1.165, 1.54) is 6.07 Å². The van der Waals surface area contributed by atoms with Crippen LogP contribution in [0.5, 0.6) is 0 Å². The summed E-state index contributed by atoms with van der Waals surface area (Å²) >= 11 is 0. The van der Waals surface area contributed by atoms with Crippen LogP contribution in [0.1, 0.15) is 17.2 Å². The third-order valence-electron chi connectivity index (χ3n) is 2.94. The largest absolute Gasteiger partial charge is 0.387 e. The summed E-state index contributed by atoms with van der Waals surface area (Å²) in [5.41, 5.74) is 1.17. The van der Waals surface area contributed by atoms with Crippen LogP contribution in [-0.4, -0.2) is 28.0 Å². The summed E-state index contributed by atoms with van der Waals surface area (Å²) in [7, 11) is 0. The number of aliphatic hydroxyl groups excluding tert-OH is 1. The predicted molar refractivity (Wildman–Crippen MR) is 71.2 cm³/mol. The second kappa shape index (κ2) is 6.58. The van der Waals surface area contributed by atoms with Gasteiger partial charge in [0.05, 0.1) is 18.8 Å². The average Bonchev–Trinajstić information content (AvgIpc) is 2.80. The molecule has 1 atom stereocenters. The fourth-order valence-electron chi connectivity index (χ4n) is 1.90. The van der Waals surface area contributed by atoms with Crippen LogP contribution in [-0.2, 0) is 6.54 Å². The van der Waals surface area contributed by atoms with Crippen molar-refractivity contribution in [1.82, 2.24) is 15.1 Å². The quantitative estimate of drug-likeness (QED) is 0.794. The second-order valence-electron chi connectivity index (χ2n) is 4.67. The molecule has 0 fully saturated rings. The van der Waals surface area contributed by atoms with Crippen molar-refractivity contribution in [2.45, 2.75) is 19.6 Å². The monoisotopic (exact) mass is 281 g/mol. The Kier molecular flexibility index (Phi) is 4.81. The van der Waals surface area contributed by atoms with Gasteiger partial charge in [0.2, 0.25) is 0 Å². The van der Waals surface area contributed by atoms with Crippen molar-refractivity contribution in [2.75, 3.05) is 13.1 Å². The molecule has 0 saturated carbocycles. The van der Waals surface area contributed by atoms with E-state index in [0.717, 1.165) is 17.7 Å². The molecule has 4 nitrogen and oxygen atoms in total. The zero-order valence-electron chi connectivity index (χ0n) is 11.2. The second-order valence-corrected chi connectivity index (χ2v) is 4.67. The summed E-state index contributed by atoms with van der Waals surface area (Å²) in [4.78, 5) is 0. The van der Waals surface area contributed by atoms with Crippen molar-refractivity contribution in [1.29, 1.82) is 0 Å². The standard InChI is InChI=1S/C14H17F2N3O/c1-10-7-18-19(9-10)5-4-17-8-14(20)12-3-2-11(15)6-13(12)16/h2-3,6-7,9,14,17,20H,4-5,8H2,1H3/t14-/m0/s1. The van der Waals surface area contributed by atoms with E-state index in [1.54, 1.807) is 10.9 Å². The van der Waals surface area contributed by atoms with Gasteiger partial charge >= 0.3 is 0 Å². The van der Waals surface area contributed by atoms with Crippen LogP contribution < -0.4 is 5.32 Å². The Morgan fingerprint density at radius 2 is 2.20 bits per heavy atom. The average molecular weight is 281 g/mol.